The second kappa shape index (κ2) is 7.70. The average Bonchev–Trinajstić information content (AvgIpc) is 3.13. The molecule has 4 rings (SSSR count). The molecule has 134 valence electrons. The molecule has 0 aliphatic carbocycles. The van der Waals surface area contributed by atoms with E-state index in [2.05, 4.69) is 25.3 Å². The van der Waals surface area contributed by atoms with Crippen molar-refractivity contribution in [3.8, 4) is 11.4 Å². The van der Waals surface area contributed by atoms with Gasteiger partial charge in [0.15, 0.2) is 0 Å². The van der Waals surface area contributed by atoms with Crippen molar-refractivity contribution < 1.29 is 4.39 Å². The Labute approximate surface area is 151 Å². The summed E-state index contributed by atoms with van der Waals surface area (Å²) in [4.78, 5) is 8.20. The minimum absolute atomic E-state index is 0.188. The van der Waals surface area contributed by atoms with Crippen molar-refractivity contribution in [3.63, 3.8) is 0 Å². The number of likely N-dealkylation sites (tertiary alicyclic amines) is 1. The summed E-state index contributed by atoms with van der Waals surface area (Å²) < 4.78 is 13.1. The summed E-state index contributed by atoms with van der Waals surface area (Å²) in [7, 11) is 0. The van der Waals surface area contributed by atoms with Gasteiger partial charge in [-0.2, -0.15) is 4.80 Å². The van der Waals surface area contributed by atoms with Gasteiger partial charge in [0.2, 0.25) is 5.82 Å². The highest BCUT2D eigenvalue weighted by molar-refractivity contribution is 5.51. The van der Waals surface area contributed by atoms with E-state index in [1.807, 2.05) is 24.3 Å². The van der Waals surface area contributed by atoms with Gasteiger partial charge in [-0.1, -0.05) is 12.1 Å². The second-order valence-corrected chi connectivity index (χ2v) is 6.78. The van der Waals surface area contributed by atoms with Crippen molar-refractivity contribution in [1.29, 1.82) is 0 Å². The van der Waals surface area contributed by atoms with Crippen LogP contribution in [0.2, 0.25) is 0 Å². The molecule has 0 unspecified atom stereocenters. The van der Waals surface area contributed by atoms with Gasteiger partial charge in [-0.3, -0.25) is 9.88 Å². The van der Waals surface area contributed by atoms with Crippen LogP contribution in [0.1, 0.15) is 18.4 Å². The Morgan fingerprint density at radius 1 is 1.15 bits per heavy atom. The molecule has 3 heterocycles. The molecule has 0 amide bonds. The lowest BCUT2D eigenvalue weighted by Gasteiger charge is -2.32. The van der Waals surface area contributed by atoms with E-state index in [9.17, 15) is 4.39 Å². The van der Waals surface area contributed by atoms with E-state index in [0.29, 0.717) is 11.7 Å². The zero-order chi connectivity index (χ0) is 17.8. The van der Waals surface area contributed by atoms with Crippen LogP contribution in [0.3, 0.4) is 0 Å². The molecule has 7 heteroatoms. The standard InChI is InChI=1S/C19H21FN6/c20-18-7-5-15(6-8-18)12-25-10-2-3-16(13-25)14-26-23-19(22-24-26)17-4-1-9-21-11-17/h1,4-9,11,16H,2-3,10,12-14H2/t16-/m1/s1. The largest absolute Gasteiger partial charge is 0.299 e. The Morgan fingerprint density at radius 2 is 2.04 bits per heavy atom. The van der Waals surface area contributed by atoms with Crippen LogP contribution in [0.4, 0.5) is 4.39 Å². The van der Waals surface area contributed by atoms with Crippen LogP contribution >= 0.6 is 0 Å². The van der Waals surface area contributed by atoms with E-state index in [0.717, 1.165) is 50.1 Å². The number of rotatable bonds is 5. The van der Waals surface area contributed by atoms with Crippen molar-refractivity contribution in [2.45, 2.75) is 25.9 Å². The first-order valence-electron chi connectivity index (χ1n) is 8.91. The molecule has 1 aliphatic heterocycles. The van der Waals surface area contributed by atoms with Gasteiger partial charge in [0.05, 0.1) is 6.54 Å². The lowest BCUT2D eigenvalue weighted by molar-refractivity contribution is 0.149. The molecule has 0 spiro atoms. The van der Waals surface area contributed by atoms with Gasteiger partial charge >= 0.3 is 0 Å². The van der Waals surface area contributed by atoms with E-state index in [1.165, 1.54) is 12.1 Å². The predicted molar refractivity (Wildman–Crippen MR) is 95.4 cm³/mol. The van der Waals surface area contributed by atoms with Crippen LogP contribution in [-0.2, 0) is 13.1 Å². The molecule has 1 fully saturated rings. The van der Waals surface area contributed by atoms with Crippen LogP contribution in [0.25, 0.3) is 11.4 Å². The summed E-state index contributed by atoms with van der Waals surface area (Å²) in [6.45, 7) is 3.66. The molecular formula is C19H21FN6. The van der Waals surface area contributed by atoms with Crippen molar-refractivity contribution in [1.82, 2.24) is 30.1 Å². The van der Waals surface area contributed by atoms with Gasteiger partial charge < -0.3 is 0 Å². The number of tetrazole rings is 1. The Hall–Kier alpha value is -2.67. The van der Waals surface area contributed by atoms with Crippen molar-refractivity contribution in [2.24, 2.45) is 5.92 Å². The molecule has 0 saturated carbocycles. The average molecular weight is 352 g/mol. The number of nitrogens with zero attached hydrogens (tertiary/aromatic N) is 6. The monoisotopic (exact) mass is 352 g/mol. The van der Waals surface area contributed by atoms with E-state index >= 15 is 0 Å². The van der Waals surface area contributed by atoms with Gasteiger partial charge in [-0.05, 0) is 60.3 Å². The molecule has 1 atom stereocenters. The zero-order valence-electron chi connectivity index (χ0n) is 14.5. The van der Waals surface area contributed by atoms with E-state index in [1.54, 1.807) is 17.2 Å². The fourth-order valence-corrected chi connectivity index (χ4v) is 3.45. The van der Waals surface area contributed by atoms with Crippen molar-refractivity contribution in [2.75, 3.05) is 13.1 Å². The quantitative estimate of drug-likeness (QED) is 0.707. The Balaban J connectivity index is 1.36. The van der Waals surface area contributed by atoms with Crippen molar-refractivity contribution >= 4 is 0 Å². The highest BCUT2D eigenvalue weighted by atomic mass is 19.1. The highest BCUT2D eigenvalue weighted by Crippen LogP contribution is 2.20. The molecule has 3 aromatic rings. The minimum atomic E-state index is -0.188. The molecule has 1 saturated heterocycles. The maximum Gasteiger partial charge on any atom is 0.206 e. The Bertz CT molecular complexity index is 833. The van der Waals surface area contributed by atoms with E-state index in [4.69, 9.17) is 0 Å². The summed E-state index contributed by atoms with van der Waals surface area (Å²) >= 11 is 0. The molecule has 26 heavy (non-hydrogen) atoms. The number of piperidine rings is 1. The van der Waals surface area contributed by atoms with E-state index in [-0.39, 0.29) is 5.82 Å². The van der Waals surface area contributed by atoms with Crippen LogP contribution in [-0.4, -0.2) is 43.2 Å². The molecule has 0 N–H and O–H groups in total. The van der Waals surface area contributed by atoms with Crippen LogP contribution in [0.15, 0.2) is 48.8 Å². The van der Waals surface area contributed by atoms with Crippen LogP contribution < -0.4 is 0 Å². The number of halogens is 1. The first-order valence-corrected chi connectivity index (χ1v) is 8.91. The number of hydrogen-bond donors (Lipinski definition) is 0. The smallest absolute Gasteiger partial charge is 0.206 e. The minimum Gasteiger partial charge on any atom is -0.299 e. The molecule has 6 nitrogen and oxygen atoms in total. The van der Waals surface area contributed by atoms with Gasteiger partial charge in [-0.25, -0.2) is 4.39 Å². The number of hydrogen-bond acceptors (Lipinski definition) is 5. The number of aromatic nitrogens is 5. The van der Waals surface area contributed by atoms with Crippen molar-refractivity contribution in [3.05, 3.63) is 60.2 Å². The molecule has 0 radical (unpaired) electrons. The summed E-state index contributed by atoms with van der Waals surface area (Å²) in [5, 5.41) is 12.8. The number of pyridine rings is 1. The summed E-state index contributed by atoms with van der Waals surface area (Å²) in [6, 6.07) is 10.6. The van der Waals surface area contributed by atoms with Gasteiger partial charge in [0.1, 0.15) is 5.82 Å². The Morgan fingerprint density at radius 3 is 2.85 bits per heavy atom. The first kappa shape index (κ1) is 16.8. The van der Waals surface area contributed by atoms with Crippen LogP contribution in [0, 0.1) is 11.7 Å². The molecular weight excluding hydrogens is 331 g/mol. The molecule has 2 aromatic heterocycles. The fourth-order valence-electron chi connectivity index (χ4n) is 3.45. The molecule has 1 aromatic carbocycles. The normalized spacial score (nSPS) is 18.1. The summed E-state index contributed by atoms with van der Waals surface area (Å²) in [5.74, 6) is 0.907. The topological polar surface area (TPSA) is 59.7 Å². The third-order valence-corrected chi connectivity index (χ3v) is 4.72. The predicted octanol–water partition coefficient (Wildman–Crippen LogP) is 2.79. The Kier molecular flexibility index (Phi) is 4.97. The zero-order valence-corrected chi connectivity index (χ0v) is 14.5. The highest BCUT2D eigenvalue weighted by Gasteiger charge is 2.21. The van der Waals surface area contributed by atoms with Gasteiger partial charge in [0, 0.05) is 31.0 Å². The van der Waals surface area contributed by atoms with Gasteiger partial charge in [-0.15, -0.1) is 10.2 Å². The lowest BCUT2D eigenvalue weighted by atomic mass is 9.97. The van der Waals surface area contributed by atoms with E-state index < -0.39 is 0 Å². The SMILES string of the molecule is Fc1ccc(CN2CCC[C@@H](Cn3nnc(-c4cccnc4)n3)C2)cc1. The third-order valence-electron chi connectivity index (χ3n) is 4.72. The second-order valence-electron chi connectivity index (χ2n) is 6.78. The lowest BCUT2D eigenvalue weighted by Crippen LogP contribution is -2.36. The van der Waals surface area contributed by atoms with Gasteiger partial charge in [0.25, 0.3) is 0 Å². The third kappa shape index (κ3) is 4.11. The number of benzene rings is 1. The van der Waals surface area contributed by atoms with Crippen LogP contribution in [0.5, 0.6) is 0 Å². The molecule has 1 aliphatic rings. The maximum atomic E-state index is 13.1. The fraction of sp³-hybridized carbons (Fsp3) is 0.368. The summed E-state index contributed by atoms with van der Waals surface area (Å²) in [6.07, 6.45) is 5.78. The molecule has 0 bridgehead atoms. The first-order chi connectivity index (χ1) is 12.8. The summed E-state index contributed by atoms with van der Waals surface area (Å²) in [5.41, 5.74) is 2.02. The maximum absolute atomic E-state index is 13.1.